The van der Waals surface area contributed by atoms with Crippen molar-refractivity contribution in [2.45, 2.75) is 25.3 Å². The van der Waals surface area contributed by atoms with Crippen LogP contribution in [-0.2, 0) is 23.9 Å². The molecular formula is C22H25NO5. The number of amides is 1. The number of rotatable bonds is 8. The summed E-state index contributed by atoms with van der Waals surface area (Å²) in [6.07, 6.45) is 0.0847. The average molecular weight is 383 g/mol. The summed E-state index contributed by atoms with van der Waals surface area (Å²) in [5.41, 5.74) is 1.60. The number of hydrogen-bond donors (Lipinski definition) is 1. The fourth-order valence-corrected chi connectivity index (χ4v) is 3.05. The molecule has 0 heterocycles. The Labute approximate surface area is 164 Å². The molecule has 0 fully saturated rings. The van der Waals surface area contributed by atoms with Crippen molar-refractivity contribution in [3.05, 3.63) is 71.8 Å². The van der Waals surface area contributed by atoms with Gasteiger partial charge in [-0.15, -0.1) is 0 Å². The summed E-state index contributed by atoms with van der Waals surface area (Å²) in [6.45, 7) is 1.64. The Balaban J connectivity index is 2.29. The summed E-state index contributed by atoms with van der Waals surface area (Å²) in [5, 5.41) is 2.75. The molecule has 2 rings (SSSR count). The molecule has 0 aliphatic rings. The van der Waals surface area contributed by atoms with Crippen molar-refractivity contribution in [1.82, 2.24) is 5.32 Å². The second-order valence-corrected chi connectivity index (χ2v) is 6.50. The van der Waals surface area contributed by atoms with Crippen LogP contribution >= 0.6 is 0 Å². The van der Waals surface area contributed by atoms with Crippen molar-refractivity contribution < 1.29 is 23.9 Å². The van der Waals surface area contributed by atoms with E-state index in [0.717, 1.165) is 11.1 Å². The standard InChI is InChI=1S/C22H25NO5/c1-15(21(25)27-2)14-18(22(26)28-3)23-20(24)19(16-10-6-4-7-11-16)17-12-8-5-9-13-17/h4-13,15,18-19H,14H2,1-3H3,(H,23,24)/t15-,18+/m0/s1. The molecule has 0 spiro atoms. The Morgan fingerprint density at radius 1 is 0.821 bits per heavy atom. The lowest BCUT2D eigenvalue weighted by Gasteiger charge is -2.23. The molecule has 2 aromatic rings. The zero-order valence-corrected chi connectivity index (χ0v) is 16.3. The summed E-state index contributed by atoms with van der Waals surface area (Å²) < 4.78 is 9.53. The predicted octanol–water partition coefficient (Wildman–Crippen LogP) is 2.68. The van der Waals surface area contributed by atoms with Crippen molar-refractivity contribution in [3.8, 4) is 0 Å². The number of methoxy groups -OCH3 is 2. The fourth-order valence-electron chi connectivity index (χ4n) is 3.05. The highest BCUT2D eigenvalue weighted by atomic mass is 16.5. The molecule has 2 aromatic carbocycles. The quantitative estimate of drug-likeness (QED) is 0.709. The predicted molar refractivity (Wildman–Crippen MR) is 104 cm³/mol. The molecule has 148 valence electrons. The molecule has 6 nitrogen and oxygen atoms in total. The van der Waals surface area contributed by atoms with E-state index < -0.39 is 29.8 Å². The number of carbonyl (C=O) groups is 3. The summed E-state index contributed by atoms with van der Waals surface area (Å²) >= 11 is 0. The van der Waals surface area contributed by atoms with Gasteiger partial charge in [0, 0.05) is 0 Å². The first kappa shape index (κ1) is 21.2. The monoisotopic (exact) mass is 383 g/mol. The first-order valence-corrected chi connectivity index (χ1v) is 9.03. The van der Waals surface area contributed by atoms with Crippen LogP contribution in [0.15, 0.2) is 60.7 Å². The first-order valence-electron chi connectivity index (χ1n) is 9.03. The van der Waals surface area contributed by atoms with Crippen LogP contribution in [0.5, 0.6) is 0 Å². The summed E-state index contributed by atoms with van der Waals surface area (Å²) in [6, 6.07) is 17.7. The van der Waals surface area contributed by atoms with E-state index in [1.165, 1.54) is 14.2 Å². The molecule has 0 bridgehead atoms. The number of nitrogens with one attached hydrogen (secondary N) is 1. The van der Waals surface area contributed by atoms with Crippen molar-refractivity contribution in [2.24, 2.45) is 5.92 Å². The fraction of sp³-hybridized carbons (Fsp3) is 0.318. The zero-order chi connectivity index (χ0) is 20.5. The smallest absolute Gasteiger partial charge is 0.328 e. The van der Waals surface area contributed by atoms with Gasteiger partial charge in [0.05, 0.1) is 26.1 Å². The van der Waals surface area contributed by atoms with Crippen molar-refractivity contribution >= 4 is 17.8 Å². The van der Waals surface area contributed by atoms with Gasteiger partial charge in [-0.05, 0) is 17.5 Å². The molecule has 0 saturated heterocycles. The molecule has 0 radical (unpaired) electrons. The largest absolute Gasteiger partial charge is 0.469 e. The van der Waals surface area contributed by atoms with Crippen LogP contribution in [0.2, 0.25) is 0 Å². The summed E-state index contributed by atoms with van der Waals surface area (Å²) in [7, 11) is 2.53. The van der Waals surface area contributed by atoms with Crippen LogP contribution in [0.25, 0.3) is 0 Å². The molecule has 1 amide bonds. The number of esters is 2. The SMILES string of the molecule is COC(=O)[C@@H](C)C[C@@H](NC(=O)C(c1ccccc1)c1ccccc1)C(=O)OC. The third-order valence-corrected chi connectivity index (χ3v) is 4.52. The van der Waals surface area contributed by atoms with E-state index in [0.29, 0.717) is 0 Å². The lowest BCUT2D eigenvalue weighted by Crippen LogP contribution is -2.45. The molecule has 1 N–H and O–H groups in total. The van der Waals surface area contributed by atoms with Gasteiger partial charge in [-0.25, -0.2) is 4.79 Å². The molecule has 0 aromatic heterocycles. The molecule has 6 heteroatoms. The lowest BCUT2D eigenvalue weighted by atomic mass is 9.90. The maximum Gasteiger partial charge on any atom is 0.328 e. The minimum Gasteiger partial charge on any atom is -0.469 e. The van der Waals surface area contributed by atoms with Crippen LogP contribution in [0.4, 0.5) is 0 Å². The zero-order valence-electron chi connectivity index (χ0n) is 16.3. The average Bonchev–Trinajstić information content (AvgIpc) is 2.73. The normalized spacial score (nSPS) is 12.7. The third-order valence-electron chi connectivity index (χ3n) is 4.52. The van der Waals surface area contributed by atoms with Crippen LogP contribution in [0.3, 0.4) is 0 Å². The van der Waals surface area contributed by atoms with E-state index in [2.05, 4.69) is 5.32 Å². The number of hydrogen-bond acceptors (Lipinski definition) is 5. The molecule has 0 saturated carbocycles. The Bertz CT molecular complexity index is 752. The Morgan fingerprint density at radius 3 is 1.71 bits per heavy atom. The van der Waals surface area contributed by atoms with Gasteiger partial charge < -0.3 is 14.8 Å². The van der Waals surface area contributed by atoms with Crippen LogP contribution in [0, 0.1) is 5.92 Å². The second-order valence-electron chi connectivity index (χ2n) is 6.50. The van der Waals surface area contributed by atoms with Crippen LogP contribution in [0.1, 0.15) is 30.4 Å². The van der Waals surface area contributed by atoms with Crippen molar-refractivity contribution in [2.75, 3.05) is 14.2 Å². The number of carbonyl (C=O) groups excluding carboxylic acids is 3. The van der Waals surface area contributed by atoms with Crippen molar-refractivity contribution in [3.63, 3.8) is 0 Å². The van der Waals surface area contributed by atoms with E-state index in [1.54, 1.807) is 6.92 Å². The van der Waals surface area contributed by atoms with Gasteiger partial charge in [0.15, 0.2) is 0 Å². The number of benzene rings is 2. The van der Waals surface area contributed by atoms with E-state index >= 15 is 0 Å². The highest BCUT2D eigenvalue weighted by Gasteiger charge is 2.31. The van der Waals surface area contributed by atoms with E-state index in [1.807, 2.05) is 60.7 Å². The van der Waals surface area contributed by atoms with Gasteiger partial charge in [-0.2, -0.15) is 0 Å². The summed E-state index contributed by atoms with van der Waals surface area (Å²) in [5.74, 6) is -2.57. The molecule has 0 aliphatic heterocycles. The third kappa shape index (κ3) is 5.42. The first-order chi connectivity index (χ1) is 13.5. The lowest BCUT2D eigenvalue weighted by molar-refractivity contribution is -0.149. The topological polar surface area (TPSA) is 81.7 Å². The van der Waals surface area contributed by atoms with Crippen LogP contribution in [-0.4, -0.2) is 38.1 Å². The molecule has 2 atom stereocenters. The molecule has 0 unspecified atom stereocenters. The van der Waals surface area contributed by atoms with Gasteiger partial charge in [-0.3, -0.25) is 9.59 Å². The van der Waals surface area contributed by atoms with Gasteiger partial charge in [-0.1, -0.05) is 67.6 Å². The second kappa shape index (κ2) is 10.3. The maximum absolute atomic E-state index is 13.2. The minimum atomic E-state index is -0.957. The van der Waals surface area contributed by atoms with Gasteiger partial charge in [0.25, 0.3) is 0 Å². The molecule has 0 aliphatic carbocycles. The van der Waals surface area contributed by atoms with Crippen molar-refractivity contribution in [1.29, 1.82) is 0 Å². The van der Waals surface area contributed by atoms with E-state index in [9.17, 15) is 14.4 Å². The number of ether oxygens (including phenoxy) is 2. The minimum absolute atomic E-state index is 0.0847. The van der Waals surface area contributed by atoms with Crippen LogP contribution < -0.4 is 5.32 Å². The Hall–Kier alpha value is -3.15. The van der Waals surface area contributed by atoms with E-state index in [-0.39, 0.29) is 12.3 Å². The maximum atomic E-state index is 13.2. The molecular weight excluding hydrogens is 358 g/mol. The van der Waals surface area contributed by atoms with E-state index in [4.69, 9.17) is 9.47 Å². The molecule has 28 heavy (non-hydrogen) atoms. The van der Waals surface area contributed by atoms with Gasteiger partial charge in [0.2, 0.25) is 5.91 Å². The Morgan fingerprint density at radius 2 is 1.29 bits per heavy atom. The van der Waals surface area contributed by atoms with Gasteiger partial charge >= 0.3 is 11.9 Å². The highest BCUT2D eigenvalue weighted by Crippen LogP contribution is 2.25. The highest BCUT2D eigenvalue weighted by molar-refractivity contribution is 5.91. The summed E-state index contributed by atoms with van der Waals surface area (Å²) in [4.78, 5) is 37.1. The Kier molecular flexibility index (Phi) is 7.75. The van der Waals surface area contributed by atoms with Gasteiger partial charge in [0.1, 0.15) is 6.04 Å².